The van der Waals surface area contributed by atoms with Gasteiger partial charge in [0, 0.05) is 24.4 Å². The lowest BCUT2D eigenvalue weighted by molar-refractivity contribution is 0.598. The molecular formula is C16H15N3O2S. The summed E-state index contributed by atoms with van der Waals surface area (Å²) in [6.45, 7) is 0. The fraction of sp³-hybridized carbons (Fsp3) is 0.0625. The summed E-state index contributed by atoms with van der Waals surface area (Å²) in [6.07, 6.45) is 1.94. The van der Waals surface area contributed by atoms with Crippen molar-refractivity contribution in [2.24, 2.45) is 12.2 Å². The number of hydrogen-bond acceptors (Lipinski definition) is 3. The van der Waals surface area contributed by atoms with Crippen LogP contribution in [-0.2, 0) is 17.1 Å². The van der Waals surface area contributed by atoms with E-state index >= 15 is 0 Å². The van der Waals surface area contributed by atoms with Crippen molar-refractivity contribution in [3.8, 4) is 22.4 Å². The maximum atomic E-state index is 11.3. The summed E-state index contributed by atoms with van der Waals surface area (Å²) in [7, 11) is -1.83. The molecule has 0 spiro atoms. The molecule has 112 valence electrons. The molecule has 0 saturated carbocycles. The molecule has 5 nitrogen and oxygen atoms in total. The third-order valence-corrected chi connectivity index (χ3v) is 4.30. The van der Waals surface area contributed by atoms with E-state index in [0.29, 0.717) is 0 Å². The number of aryl methyl sites for hydroxylation is 1. The van der Waals surface area contributed by atoms with Crippen molar-refractivity contribution in [3.63, 3.8) is 0 Å². The van der Waals surface area contributed by atoms with Crippen LogP contribution in [0.2, 0.25) is 0 Å². The molecule has 3 rings (SSSR count). The topological polar surface area (TPSA) is 78.0 Å². The third-order valence-electron chi connectivity index (χ3n) is 3.37. The quantitative estimate of drug-likeness (QED) is 0.806. The molecule has 2 N–H and O–H groups in total. The van der Waals surface area contributed by atoms with Gasteiger partial charge in [-0.3, -0.25) is 4.68 Å². The molecule has 0 aliphatic heterocycles. The predicted molar refractivity (Wildman–Crippen MR) is 85.5 cm³/mol. The van der Waals surface area contributed by atoms with E-state index in [0.717, 1.165) is 22.4 Å². The fourth-order valence-corrected chi connectivity index (χ4v) is 2.85. The minimum atomic E-state index is -3.68. The van der Waals surface area contributed by atoms with Crippen molar-refractivity contribution in [2.75, 3.05) is 0 Å². The van der Waals surface area contributed by atoms with E-state index in [4.69, 9.17) is 5.14 Å². The van der Waals surface area contributed by atoms with Crippen LogP contribution in [0.4, 0.5) is 0 Å². The fourth-order valence-electron chi connectivity index (χ4n) is 2.33. The average Bonchev–Trinajstić information content (AvgIpc) is 2.89. The molecule has 0 aliphatic carbocycles. The van der Waals surface area contributed by atoms with Crippen molar-refractivity contribution in [2.45, 2.75) is 4.90 Å². The number of nitrogens with zero attached hydrogens (tertiary/aromatic N) is 2. The Morgan fingerprint density at radius 2 is 1.59 bits per heavy atom. The number of sulfonamides is 1. The van der Waals surface area contributed by atoms with Crippen molar-refractivity contribution >= 4 is 10.0 Å². The van der Waals surface area contributed by atoms with Crippen molar-refractivity contribution in [1.29, 1.82) is 0 Å². The molecule has 0 saturated heterocycles. The van der Waals surface area contributed by atoms with E-state index in [-0.39, 0.29) is 4.90 Å². The molecule has 1 aromatic heterocycles. The number of primary sulfonamides is 1. The number of benzene rings is 2. The van der Waals surface area contributed by atoms with Crippen molar-refractivity contribution < 1.29 is 8.42 Å². The van der Waals surface area contributed by atoms with Gasteiger partial charge in [-0.2, -0.15) is 5.10 Å². The van der Waals surface area contributed by atoms with E-state index in [1.165, 1.54) is 12.1 Å². The van der Waals surface area contributed by atoms with E-state index in [1.807, 2.05) is 43.6 Å². The van der Waals surface area contributed by atoms with Gasteiger partial charge in [0.25, 0.3) is 0 Å². The monoisotopic (exact) mass is 313 g/mol. The SMILES string of the molecule is Cn1cc(-c2ccccc2)c(-c2ccc(S(N)(=O)=O)cc2)n1. The van der Waals surface area contributed by atoms with Gasteiger partial charge in [0.1, 0.15) is 5.69 Å². The van der Waals surface area contributed by atoms with E-state index in [2.05, 4.69) is 5.10 Å². The first-order valence-corrected chi connectivity index (χ1v) is 8.22. The number of aromatic nitrogens is 2. The van der Waals surface area contributed by atoms with Crippen LogP contribution in [-0.4, -0.2) is 18.2 Å². The Kier molecular flexibility index (Phi) is 3.56. The van der Waals surface area contributed by atoms with Crippen LogP contribution < -0.4 is 5.14 Å². The van der Waals surface area contributed by atoms with Gasteiger partial charge in [-0.15, -0.1) is 0 Å². The van der Waals surface area contributed by atoms with Crippen LogP contribution in [0.5, 0.6) is 0 Å². The largest absolute Gasteiger partial charge is 0.275 e. The highest BCUT2D eigenvalue weighted by Crippen LogP contribution is 2.31. The van der Waals surface area contributed by atoms with Crippen molar-refractivity contribution in [1.82, 2.24) is 9.78 Å². The summed E-state index contributed by atoms with van der Waals surface area (Å²) in [5, 5.41) is 9.61. The molecule has 0 fully saturated rings. The summed E-state index contributed by atoms with van der Waals surface area (Å²) in [5.74, 6) is 0. The first-order chi connectivity index (χ1) is 10.4. The summed E-state index contributed by atoms with van der Waals surface area (Å²) < 4.78 is 24.4. The molecule has 0 aliphatic rings. The summed E-state index contributed by atoms with van der Waals surface area (Å²) in [5.41, 5.74) is 3.69. The molecule has 0 unspecified atom stereocenters. The van der Waals surface area contributed by atoms with Gasteiger partial charge >= 0.3 is 0 Å². The van der Waals surface area contributed by atoms with Crippen LogP contribution >= 0.6 is 0 Å². The van der Waals surface area contributed by atoms with Gasteiger partial charge in [0.15, 0.2) is 0 Å². The maximum absolute atomic E-state index is 11.3. The molecule has 0 bridgehead atoms. The maximum Gasteiger partial charge on any atom is 0.238 e. The summed E-state index contributed by atoms with van der Waals surface area (Å²) >= 11 is 0. The zero-order valence-corrected chi connectivity index (χ0v) is 12.8. The number of rotatable bonds is 3. The Hall–Kier alpha value is -2.44. The lowest BCUT2D eigenvalue weighted by Crippen LogP contribution is -2.11. The molecule has 6 heteroatoms. The zero-order valence-electron chi connectivity index (χ0n) is 12.0. The van der Waals surface area contributed by atoms with E-state index < -0.39 is 10.0 Å². The Balaban J connectivity index is 2.10. The average molecular weight is 313 g/mol. The standard InChI is InChI=1S/C16H15N3O2S/c1-19-11-15(12-5-3-2-4-6-12)16(18-19)13-7-9-14(10-8-13)22(17,20)21/h2-11H,1H3,(H2,17,20,21). The van der Waals surface area contributed by atoms with Crippen molar-refractivity contribution in [3.05, 3.63) is 60.8 Å². The highest BCUT2D eigenvalue weighted by Gasteiger charge is 2.13. The lowest BCUT2D eigenvalue weighted by Gasteiger charge is -2.04. The molecule has 2 aromatic carbocycles. The van der Waals surface area contributed by atoms with Gasteiger partial charge in [-0.25, -0.2) is 13.6 Å². The third kappa shape index (κ3) is 2.79. The minimum Gasteiger partial charge on any atom is -0.275 e. The Morgan fingerprint density at radius 1 is 0.955 bits per heavy atom. The van der Waals surface area contributed by atoms with Gasteiger partial charge in [0.05, 0.1) is 4.90 Å². The molecule has 0 amide bonds. The minimum absolute atomic E-state index is 0.0912. The van der Waals surface area contributed by atoms with Gasteiger partial charge in [0.2, 0.25) is 10.0 Å². The molecular weight excluding hydrogens is 298 g/mol. The lowest BCUT2D eigenvalue weighted by atomic mass is 10.0. The van der Waals surface area contributed by atoms with Crippen LogP contribution in [0.15, 0.2) is 65.7 Å². The summed E-state index contributed by atoms with van der Waals surface area (Å²) in [4.78, 5) is 0.0912. The molecule has 1 heterocycles. The normalized spacial score (nSPS) is 11.5. The molecule has 3 aromatic rings. The highest BCUT2D eigenvalue weighted by molar-refractivity contribution is 7.89. The van der Waals surface area contributed by atoms with Crippen LogP contribution in [0.1, 0.15) is 0 Å². The van der Waals surface area contributed by atoms with E-state index in [9.17, 15) is 8.42 Å². The first-order valence-electron chi connectivity index (χ1n) is 6.67. The molecule has 22 heavy (non-hydrogen) atoms. The predicted octanol–water partition coefficient (Wildman–Crippen LogP) is 2.40. The molecule has 0 radical (unpaired) electrons. The van der Waals surface area contributed by atoms with E-state index in [1.54, 1.807) is 16.8 Å². The Bertz CT molecular complexity index is 898. The smallest absolute Gasteiger partial charge is 0.238 e. The second kappa shape index (κ2) is 5.40. The Morgan fingerprint density at radius 3 is 2.18 bits per heavy atom. The van der Waals surface area contributed by atoms with Gasteiger partial charge in [-0.1, -0.05) is 42.5 Å². The first kappa shape index (κ1) is 14.5. The number of hydrogen-bond donors (Lipinski definition) is 1. The van der Waals surface area contributed by atoms with Gasteiger partial charge < -0.3 is 0 Å². The second-order valence-electron chi connectivity index (χ2n) is 5.00. The zero-order chi connectivity index (χ0) is 15.7. The summed E-state index contributed by atoms with van der Waals surface area (Å²) in [6, 6.07) is 16.3. The molecule has 0 atom stereocenters. The van der Waals surface area contributed by atoms with Crippen LogP contribution in [0, 0.1) is 0 Å². The van der Waals surface area contributed by atoms with Crippen LogP contribution in [0.25, 0.3) is 22.4 Å². The van der Waals surface area contributed by atoms with Crippen LogP contribution in [0.3, 0.4) is 0 Å². The van der Waals surface area contributed by atoms with Gasteiger partial charge in [-0.05, 0) is 17.7 Å². The Labute approximate surface area is 129 Å². The number of nitrogens with two attached hydrogens (primary N) is 1. The highest BCUT2D eigenvalue weighted by atomic mass is 32.2. The second-order valence-corrected chi connectivity index (χ2v) is 6.56.